The lowest BCUT2D eigenvalue weighted by atomic mass is 9.74. The average Bonchev–Trinajstić information content (AvgIpc) is 2.43. The van der Waals surface area contributed by atoms with Crippen LogP contribution in [0.2, 0.25) is 0 Å². The molecule has 16 heavy (non-hydrogen) atoms. The summed E-state index contributed by atoms with van der Waals surface area (Å²) in [5, 5.41) is 13.7. The van der Waals surface area contributed by atoms with E-state index in [9.17, 15) is 14.4 Å². The van der Waals surface area contributed by atoms with Crippen molar-refractivity contribution in [2.75, 3.05) is 0 Å². The van der Waals surface area contributed by atoms with Gasteiger partial charge in [0, 0.05) is 0 Å². The molecule has 6 heteroatoms. The van der Waals surface area contributed by atoms with Crippen molar-refractivity contribution in [3.8, 4) is 0 Å². The van der Waals surface area contributed by atoms with Gasteiger partial charge >= 0.3 is 12.0 Å². The Kier molecular flexibility index (Phi) is 3.21. The van der Waals surface area contributed by atoms with Crippen molar-refractivity contribution in [3.63, 3.8) is 0 Å². The number of rotatable bonds is 4. The molecule has 2 atom stereocenters. The molecule has 1 rings (SSSR count). The zero-order chi connectivity index (χ0) is 12.5. The lowest BCUT2D eigenvalue weighted by Gasteiger charge is -2.35. The molecule has 1 heterocycles. The molecular formula is C10H16N2O4. The highest BCUT2D eigenvalue weighted by molar-refractivity contribution is 6.09. The van der Waals surface area contributed by atoms with Gasteiger partial charge in [-0.2, -0.15) is 0 Å². The van der Waals surface area contributed by atoms with E-state index in [1.54, 1.807) is 20.8 Å². The quantitative estimate of drug-likeness (QED) is 0.604. The van der Waals surface area contributed by atoms with Crippen molar-refractivity contribution in [1.82, 2.24) is 10.6 Å². The predicted octanol–water partition coefficient (Wildman–Crippen LogP) is 0.331. The van der Waals surface area contributed by atoms with Gasteiger partial charge in [0.2, 0.25) is 0 Å². The first-order valence-electron chi connectivity index (χ1n) is 5.22. The Morgan fingerprint density at radius 1 is 1.44 bits per heavy atom. The number of carboxylic acids is 1. The van der Waals surface area contributed by atoms with Gasteiger partial charge in [-0.3, -0.25) is 14.9 Å². The molecule has 0 aromatic heterocycles. The van der Waals surface area contributed by atoms with Crippen LogP contribution in [0.5, 0.6) is 0 Å². The lowest BCUT2D eigenvalue weighted by Crippen LogP contribution is -2.59. The van der Waals surface area contributed by atoms with Crippen LogP contribution in [0.1, 0.15) is 27.2 Å². The largest absolute Gasteiger partial charge is 0.481 e. The normalized spacial score (nSPS) is 26.5. The highest BCUT2D eigenvalue weighted by Gasteiger charge is 2.56. The second-order valence-corrected chi connectivity index (χ2v) is 4.23. The molecule has 0 saturated carbocycles. The number of carbonyl (C=O) groups is 3. The molecular weight excluding hydrogens is 212 g/mol. The van der Waals surface area contributed by atoms with Gasteiger partial charge < -0.3 is 10.4 Å². The first-order valence-corrected chi connectivity index (χ1v) is 5.22. The van der Waals surface area contributed by atoms with Gasteiger partial charge in [0.1, 0.15) is 5.54 Å². The minimum absolute atomic E-state index is 0.279. The Morgan fingerprint density at radius 2 is 2.00 bits per heavy atom. The minimum atomic E-state index is -1.34. The maximum absolute atomic E-state index is 11.8. The summed E-state index contributed by atoms with van der Waals surface area (Å²) in [7, 11) is 0. The fourth-order valence-corrected chi connectivity index (χ4v) is 2.23. The third-order valence-corrected chi connectivity index (χ3v) is 3.09. The van der Waals surface area contributed by atoms with E-state index < -0.39 is 29.4 Å². The van der Waals surface area contributed by atoms with Crippen molar-refractivity contribution >= 4 is 17.9 Å². The summed E-state index contributed by atoms with van der Waals surface area (Å²) in [6.07, 6.45) is 0.279. The Balaban J connectivity index is 3.20. The summed E-state index contributed by atoms with van der Waals surface area (Å²) in [6.45, 7) is 5.12. The molecule has 90 valence electrons. The number of urea groups is 1. The second kappa shape index (κ2) is 4.11. The SMILES string of the molecule is CCC(C(=O)O)C1(C(C)C)NC(=O)NC1=O. The summed E-state index contributed by atoms with van der Waals surface area (Å²) in [6, 6.07) is -0.626. The number of nitrogens with one attached hydrogen (secondary N) is 2. The van der Waals surface area contributed by atoms with Crippen molar-refractivity contribution in [2.45, 2.75) is 32.7 Å². The van der Waals surface area contributed by atoms with Crippen LogP contribution < -0.4 is 10.6 Å². The van der Waals surface area contributed by atoms with Crippen LogP contribution >= 0.6 is 0 Å². The topological polar surface area (TPSA) is 95.5 Å². The van der Waals surface area contributed by atoms with Gasteiger partial charge in [0.15, 0.2) is 0 Å². The van der Waals surface area contributed by atoms with E-state index >= 15 is 0 Å². The standard InChI is InChI=1S/C10H16N2O4/c1-4-6(7(13)14)10(5(2)3)8(15)11-9(16)12-10/h5-6H,4H2,1-3H3,(H,13,14)(H2,11,12,15,16). The number of imide groups is 1. The number of hydrogen-bond acceptors (Lipinski definition) is 3. The van der Waals surface area contributed by atoms with Crippen LogP contribution in [0.15, 0.2) is 0 Å². The smallest absolute Gasteiger partial charge is 0.322 e. The van der Waals surface area contributed by atoms with Gasteiger partial charge in [0.05, 0.1) is 5.92 Å². The summed E-state index contributed by atoms with van der Waals surface area (Å²) >= 11 is 0. The monoisotopic (exact) mass is 228 g/mol. The number of amides is 3. The van der Waals surface area contributed by atoms with E-state index in [0.717, 1.165) is 0 Å². The van der Waals surface area contributed by atoms with Crippen molar-refractivity contribution in [3.05, 3.63) is 0 Å². The molecule has 1 saturated heterocycles. The number of carbonyl (C=O) groups excluding carboxylic acids is 2. The van der Waals surface area contributed by atoms with Crippen molar-refractivity contribution in [2.24, 2.45) is 11.8 Å². The molecule has 1 aliphatic rings. The number of carboxylic acid groups (broad SMARTS) is 1. The molecule has 0 radical (unpaired) electrons. The van der Waals surface area contributed by atoms with Crippen molar-refractivity contribution < 1.29 is 19.5 Å². The molecule has 0 aromatic carbocycles. The zero-order valence-electron chi connectivity index (χ0n) is 9.53. The van der Waals surface area contributed by atoms with Gasteiger partial charge in [-0.1, -0.05) is 20.8 Å². The third-order valence-electron chi connectivity index (χ3n) is 3.09. The predicted molar refractivity (Wildman–Crippen MR) is 55.7 cm³/mol. The minimum Gasteiger partial charge on any atom is -0.481 e. The highest BCUT2D eigenvalue weighted by Crippen LogP contribution is 2.32. The average molecular weight is 228 g/mol. The van der Waals surface area contributed by atoms with Crippen LogP contribution in [-0.4, -0.2) is 28.6 Å². The first kappa shape index (κ1) is 12.5. The van der Waals surface area contributed by atoms with Gasteiger partial charge in [-0.05, 0) is 12.3 Å². The van der Waals surface area contributed by atoms with Crippen LogP contribution in [-0.2, 0) is 9.59 Å². The Bertz CT molecular complexity index is 340. The van der Waals surface area contributed by atoms with Crippen LogP contribution in [0.25, 0.3) is 0 Å². The molecule has 0 spiro atoms. The van der Waals surface area contributed by atoms with Crippen LogP contribution in [0, 0.1) is 11.8 Å². The number of hydrogen-bond donors (Lipinski definition) is 3. The van der Waals surface area contributed by atoms with E-state index in [1.807, 2.05) is 0 Å². The van der Waals surface area contributed by atoms with Crippen LogP contribution in [0.4, 0.5) is 4.79 Å². The Morgan fingerprint density at radius 3 is 2.25 bits per heavy atom. The fourth-order valence-electron chi connectivity index (χ4n) is 2.23. The molecule has 6 nitrogen and oxygen atoms in total. The Labute approximate surface area is 93.4 Å². The van der Waals surface area contributed by atoms with Gasteiger partial charge in [0.25, 0.3) is 5.91 Å². The van der Waals surface area contributed by atoms with E-state index in [2.05, 4.69) is 10.6 Å². The summed E-state index contributed by atoms with van der Waals surface area (Å²) in [5.74, 6) is -2.84. The molecule has 3 N–H and O–H groups in total. The molecule has 3 amide bonds. The summed E-state index contributed by atoms with van der Waals surface area (Å²) < 4.78 is 0. The fraction of sp³-hybridized carbons (Fsp3) is 0.700. The summed E-state index contributed by atoms with van der Waals surface area (Å²) in [4.78, 5) is 34.1. The van der Waals surface area contributed by atoms with Crippen LogP contribution in [0.3, 0.4) is 0 Å². The van der Waals surface area contributed by atoms with E-state index in [0.29, 0.717) is 0 Å². The summed E-state index contributed by atoms with van der Waals surface area (Å²) in [5.41, 5.74) is -1.34. The maximum atomic E-state index is 11.8. The lowest BCUT2D eigenvalue weighted by molar-refractivity contribution is -0.149. The molecule has 0 aliphatic carbocycles. The molecule has 1 fully saturated rings. The Hall–Kier alpha value is -1.59. The second-order valence-electron chi connectivity index (χ2n) is 4.23. The van der Waals surface area contributed by atoms with E-state index in [-0.39, 0.29) is 12.3 Å². The van der Waals surface area contributed by atoms with E-state index in [1.165, 1.54) is 0 Å². The molecule has 0 bridgehead atoms. The zero-order valence-corrected chi connectivity index (χ0v) is 9.53. The van der Waals surface area contributed by atoms with Gasteiger partial charge in [-0.25, -0.2) is 4.79 Å². The highest BCUT2D eigenvalue weighted by atomic mass is 16.4. The molecule has 2 unspecified atom stereocenters. The third kappa shape index (κ3) is 1.64. The number of aliphatic carboxylic acids is 1. The van der Waals surface area contributed by atoms with E-state index in [4.69, 9.17) is 5.11 Å². The maximum Gasteiger partial charge on any atom is 0.322 e. The molecule has 1 aliphatic heterocycles. The molecule has 0 aromatic rings. The van der Waals surface area contributed by atoms with Crippen molar-refractivity contribution in [1.29, 1.82) is 0 Å². The first-order chi connectivity index (χ1) is 7.36. The van der Waals surface area contributed by atoms with Gasteiger partial charge in [-0.15, -0.1) is 0 Å².